The van der Waals surface area contributed by atoms with Crippen molar-refractivity contribution in [3.05, 3.63) is 62.9 Å². The van der Waals surface area contributed by atoms with E-state index in [1.807, 2.05) is 0 Å². The van der Waals surface area contributed by atoms with Crippen molar-refractivity contribution >= 4 is 29.3 Å². The largest absolute Gasteiger partial charge is 0.478 e. The number of hydrogen-bond donors (Lipinski definition) is 2. The maximum atomic E-state index is 13.3. The summed E-state index contributed by atoms with van der Waals surface area (Å²) in [4.78, 5) is 23.7. The number of benzene rings is 1. The van der Waals surface area contributed by atoms with Gasteiger partial charge in [0.25, 0.3) is 0 Å². The Morgan fingerprint density at radius 1 is 1.14 bits per heavy atom. The van der Waals surface area contributed by atoms with E-state index >= 15 is 0 Å². The van der Waals surface area contributed by atoms with Crippen LogP contribution >= 0.6 is 11.3 Å². The SMILES string of the molecule is Cc1sc(/C=C/C(=O)NC(c2cccc(C(F)(F)F)c2)C(F)(F)F)cc1C(=O)O. The molecule has 0 saturated carbocycles. The van der Waals surface area contributed by atoms with Crippen molar-refractivity contribution in [3.8, 4) is 0 Å². The van der Waals surface area contributed by atoms with Crippen molar-refractivity contribution in [1.82, 2.24) is 5.32 Å². The molecule has 0 spiro atoms. The fraction of sp³-hybridized carbons (Fsp3) is 0.222. The predicted molar refractivity (Wildman–Crippen MR) is 93.4 cm³/mol. The maximum Gasteiger partial charge on any atom is 0.416 e. The van der Waals surface area contributed by atoms with Crippen molar-refractivity contribution in [2.75, 3.05) is 0 Å². The van der Waals surface area contributed by atoms with Gasteiger partial charge in [-0.3, -0.25) is 4.79 Å². The van der Waals surface area contributed by atoms with Crippen LogP contribution in [-0.4, -0.2) is 23.2 Å². The number of carbonyl (C=O) groups is 2. The third-order valence-corrected chi connectivity index (χ3v) is 4.74. The molecule has 0 aliphatic carbocycles. The molecule has 0 bridgehead atoms. The summed E-state index contributed by atoms with van der Waals surface area (Å²) in [6.07, 6.45) is -8.00. The van der Waals surface area contributed by atoms with Crippen LogP contribution in [0.3, 0.4) is 0 Å². The molecule has 11 heteroatoms. The van der Waals surface area contributed by atoms with E-state index in [4.69, 9.17) is 5.11 Å². The number of carbonyl (C=O) groups excluding carboxylic acids is 1. The number of carboxylic acids is 1. The Bertz CT molecular complexity index is 946. The number of aromatic carboxylic acids is 1. The molecular formula is C18H13F6NO3S. The van der Waals surface area contributed by atoms with E-state index in [0.29, 0.717) is 21.9 Å². The minimum Gasteiger partial charge on any atom is -0.478 e. The fourth-order valence-corrected chi connectivity index (χ4v) is 3.32. The van der Waals surface area contributed by atoms with Crippen molar-refractivity contribution < 1.29 is 41.0 Å². The highest BCUT2D eigenvalue weighted by Crippen LogP contribution is 2.36. The van der Waals surface area contributed by atoms with E-state index in [2.05, 4.69) is 0 Å². The number of hydrogen-bond acceptors (Lipinski definition) is 3. The van der Waals surface area contributed by atoms with E-state index in [1.54, 1.807) is 5.32 Å². The normalized spacial score (nSPS) is 13.5. The highest BCUT2D eigenvalue weighted by atomic mass is 32.1. The third kappa shape index (κ3) is 5.83. The lowest BCUT2D eigenvalue weighted by molar-refractivity contribution is -0.162. The second kappa shape index (κ2) is 8.27. The van der Waals surface area contributed by atoms with Gasteiger partial charge in [-0.1, -0.05) is 12.1 Å². The molecule has 1 atom stereocenters. The van der Waals surface area contributed by atoms with Crippen LogP contribution in [0.15, 0.2) is 36.4 Å². The molecule has 0 radical (unpaired) electrons. The summed E-state index contributed by atoms with van der Waals surface area (Å²) in [5.41, 5.74) is -2.05. The van der Waals surface area contributed by atoms with Gasteiger partial charge in [-0.25, -0.2) is 4.79 Å². The second-order valence-electron chi connectivity index (χ2n) is 5.86. The number of nitrogens with one attached hydrogen (secondary N) is 1. The lowest BCUT2D eigenvalue weighted by atomic mass is 10.0. The highest BCUT2D eigenvalue weighted by Gasteiger charge is 2.42. The van der Waals surface area contributed by atoms with Crippen LogP contribution in [0.2, 0.25) is 0 Å². The van der Waals surface area contributed by atoms with Crippen LogP contribution in [-0.2, 0) is 11.0 Å². The molecule has 2 rings (SSSR count). The molecule has 1 aromatic heterocycles. The van der Waals surface area contributed by atoms with Crippen LogP contribution in [0.25, 0.3) is 6.08 Å². The zero-order chi connectivity index (χ0) is 22.0. The molecule has 2 aromatic rings. The van der Waals surface area contributed by atoms with Gasteiger partial charge in [0.1, 0.15) is 0 Å². The molecule has 0 saturated heterocycles. The Kier molecular flexibility index (Phi) is 6.41. The van der Waals surface area contributed by atoms with Gasteiger partial charge in [0.05, 0.1) is 11.1 Å². The number of alkyl halides is 6. The monoisotopic (exact) mass is 437 g/mol. The van der Waals surface area contributed by atoms with Crippen LogP contribution in [0.1, 0.15) is 37.3 Å². The van der Waals surface area contributed by atoms with Gasteiger partial charge in [0.2, 0.25) is 5.91 Å². The number of amides is 1. The number of halogens is 6. The molecule has 4 nitrogen and oxygen atoms in total. The van der Waals surface area contributed by atoms with E-state index in [-0.39, 0.29) is 5.56 Å². The molecule has 29 heavy (non-hydrogen) atoms. The van der Waals surface area contributed by atoms with E-state index in [1.165, 1.54) is 13.0 Å². The van der Waals surface area contributed by atoms with Crippen LogP contribution in [0.4, 0.5) is 26.3 Å². The summed E-state index contributed by atoms with van der Waals surface area (Å²) < 4.78 is 78.3. The van der Waals surface area contributed by atoms with Gasteiger partial charge in [0.15, 0.2) is 6.04 Å². The Hall–Kier alpha value is -2.82. The van der Waals surface area contributed by atoms with Gasteiger partial charge in [0, 0.05) is 15.8 Å². The average molecular weight is 437 g/mol. The first-order valence-electron chi connectivity index (χ1n) is 7.85. The molecule has 0 fully saturated rings. The summed E-state index contributed by atoms with van der Waals surface area (Å²) in [6.45, 7) is 1.53. The molecule has 1 unspecified atom stereocenters. The van der Waals surface area contributed by atoms with Crippen molar-refractivity contribution in [2.24, 2.45) is 0 Å². The van der Waals surface area contributed by atoms with Crippen molar-refractivity contribution in [3.63, 3.8) is 0 Å². The molecule has 1 aromatic carbocycles. The smallest absolute Gasteiger partial charge is 0.416 e. The molecular weight excluding hydrogens is 424 g/mol. The van der Waals surface area contributed by atoms with Crippen LogP contribution in [0, 0.1) is 6.92 Å². The van der Waals surface area contributed by atoms with Gasteiger partial charge in [-0.2, -0.15) is 26.3 Å². The summed E-state index contributed by atoms with van der Waals surface area (Å²) in [5.74, 6) is -2.39. The van der Waals surface area contributed by atoms with E-state index < -0.39 is 41.4 Å². The molecule has 0 aliphatic heterocycles. The minimum absolute atomic E-state index is 0.00723. The Morgan fingerprint density at radius 2 is 1.79 bits per heavy atom. The molecule has 2 N–H and O–H groups in total. The Morgan fingerprint density at radius 3 is 2.31 bits per heavy atom. The molecule has 1 heterocycles. The molecule has 1 amide bonds. The average Bonchev–Trinajstić information content (AvgIpc) is 2.97. The third-order valence-electron chi connectivity index (χ3n) is 3.73. The Labute approximate surface area is 164 Å². The number of carboxylic acid groups (broad SMARTS) is 1. The number of aryl methyl sites for hydroxylation is 1. The van der Waals surface area contributed by atoms with Gasteiger partial charge >= 0.3 is 18.3 Å². The standard InChI is InChI=1S/C18H13F6NO3S/c1-9-13(16(27)28)8-12(29-9)5-6-14(26)25-15(18(22,23)24)10-3-2-4-11(7-10)17(19,20)21/h2-8,15H,1H3,(H,25,26)(H,27,28)/b6-5+. The predicted octanol–water partition coefficient (Wildman–Crippen LogP) is 5.21. The fourth-order valence-electron chi connectivity index (χ4n) is 2.40. The zero-order valence-corrected chi connectivity index (χ0v) is 15.4. The van der Waals surface area contributed by atoms with E-state index in [9.17, 15) is 35.9 Å². The van der Waals surface area contributed by atoms with Gasteiger partial charge in [-0.05, 0) is 36.8 Å². The quantitative estimate of drug-likeness (QED) is 0.499. The first-order valence-corrected chi connectivity index (χ1v) is 8.67. The van der Waals surface area contributed by atoms with Crippen LogP contribution < -0.4 is 5.32 Å². The summed E-state index contributed by atoms with van der Waals surface area (Å²) in [6, 6.07) is 1.20. The molecule has 0 aliphatic rings. The lowest BCUT2D eigenvalue weighted by Crippen LogP contribution is -2.37. The Balaban J connectivity index is 2.24. The zero-order valence-electron chi connectivity index (χ0n) is 14.6. The van der Waals surface area contributed by atoms with Crippen molar-refractivity contribution in [1.29, 1.82) is 0 Å². The second-order valence-corrected chi connectivity index (χ2v) is 7.15. The topological polar surface area (TPSA) is 66.4 Å². The summed E-state index contributed by atoms with van der Waals surface area (Å²) in [5, 5.41) is 10.6. The maximum absolute atomic E-state index is 13.3. The first kappa shape index (κ1) is 22.5. The highest BCUT2D eigenvalue weighted by molar-refractivity contribution is 7.13. The molecule has 156 valence electrons. The summed E-state index contributed by atoms with van der Waals surface area (Å²) in [7, 11) is 0. The van der Waals surface area contributed by atoms with Crippen molar-refractivity contribution in [2.45, 2.75) is 25.3 Å². The number of thiophene rings is 1. The first-order chi connectivity index (χ1) is 13.3. The lowest BCUT2D eigenvalue weighted by Gasteiger charge is -2.22. The summed E-state index contributed by atoms with van der Waals surface area (Å²) >= 11 is 1.02. The van der Waals surface area contributed by atoms with Gasteiger partial charge in [-0.15, -0.1) is 11.3 Å². The van der Waals surface area contributed by atoms with Crippen LogP contribution in [0.5, 0.6) is 0 Å². The van der Waals surface area contributed by atoms with Gasteiger partial charge < -0.3 is 10.4 Å². The number of rotatable bonds is 5. The van der Waals surface area contributed by atoms with E-state index in [0.717, 1.165) is 35.6 Å². The minimum atomic E-state index is -5.04.